The molecule has 1 aromatic carbocycles. The number of hydrogen-bond donors (Lipinski definition) is 1. The number of ether oxygens (including phenoxy) is 1. The molecule has 1 amide bonds. The summed E-state index contributed by atoms with van der Waals surface area (Å²) >= 11 is 3.01. The van der Waals surface area contributed by atoms with Crippen molar-refractivity contribution in [1.29, 1.82) is 0 Å². The minimum absolute atomic E-state index is 0.0923. The predicted molar refractivity (Wildman–Crippen MR) is 92.8 cm³/mol. The third-order valence-corrected chi connectivity index (χ3v) is 5.58. The van der Waals surface area contributed by atoms with Crippen LogP contribution in [0.1, 0.15) is 12.5 Å². The van der Waals surface area contributed by atoms with E-state index in [0.717, 1.165) is 27.1 Å². The van der Waals surface area contributed by atoms with Gasteiger partial charge < -0.3 is 10.5 Å². The van der Waals surface area contributed by atoms with Crippen molar-refractivity contribution in [3.8, 4) is 5.75 Å². The standard InChI is InChI=1S/C16H17NO3S2/c1-2-20-12-6-3-11(4-7-12)5-8-13(18)14(15(17)19)16-21-9-10-22-16/h3-8H,2,9-10H2,1H3,(H2,17,19). The van der Waals surface area contributed by atoms with E-state index in [0.29, 0.717) is 6.61 Å². The molecule has 0 unspecified atom stereocenters. The number of primary amides is 1. The molecule has 116 valence electrons. The maximum absolute atomic E-state index is 12.2. The second-order valence-corrected chi connectivity index (χ2v) is 6.89. The van der Waals surface area contributed by atoms with Gasteiger partial charge in [0.25, 0.3) is 5.91 Å². The van der Waals surface area contributed by atoms with Gasteiger partial charge >= 0.3 is 0 Å². The van der Waals surface area contributed by atoms with Crippen molar-refractivity contribution in [1.82, 2.24) is 0 Å². The van der Waals surface area contributed by atoms with Crippen LogP contribution in [0, 0.1) is 0 Å². The van der Waals surface area contributed by atoms with Gasteiger partial charge in [-0.05, 0) is 30.7 Å². The molecule has 0 bridgehead atoms. The fraction of sp³-hybridized carbons (Fsp3) is 0.250. The van der Waals surface area contributed by atoms with Crippen LogP contribution in [0.3, 0.4) is 0 Å². The van der Waals surface area contributed by atoms with E-state index in [1.807, 2.05) is 31.2 Å². The van der Waals surface area contributed by atoms with Crippen LogP contribution in [0.2, 0.25) is 0 Å². The number of benzene rings is 1. The molecule has 1 heterocycles. The summed E-state index contributed by atoms with van der Waals surface area (Å²) in [7, 11) is 0. The van der Waals surface area contributed by atoms with E-state index < -0.39 is 5.91 Å². The Labute approximate surface area is 138 Å². The zero-order valence-corrected chi connectivity index (χ0v) is 13.8. The summed E-state index contributed by atoms with van der Waals surface area (Å²) in [5, 5.41) is 0. The number of rotatable bonds is 6. The molecule has 22 heavy (non-hydrogen) atoms. The van der Waals surface area contributed by atoms with Crippen LogP contribution in [0.15, 0.2) is 40.2 Å². The molecule has 0 spiro atoms. The lowest BCUT2D eigenvalue weighted by atomic mass is 10.1. The van der Waals surface area contributed by atoms with Crippen LogP contribution in [0.4, 0.5) is 0 Å². The summed E-state index contributed by atoms with van der Waals surface area (Å²) < 4.78 is 6.09. The Morgan fingerprint density at radius 1 is 1.23 bits per heavy atom. The maximum atomic E-state index is 12.2. The lowest BCUT2D eigenvalue weighted by molar-refractivity contribution is -0.118. The third kappa shape index (κ3) is 4.42. The summed E-state index contributed by atoms with van der Waals surface area (Å²) in [5.74, 6) is 1.56. The van der Waals surface area contributed by atoms with Crippen molar-refractivity contribution < 1.29 is 14.3 Å². The number of thioether (sulfide) groups is 2. The Kier molecular flexibility index (Phi) is 6.15. The number of allylic oxidation sites excluding steroid dienone is 1. The molecular weight excluding hydrogens is 318 g/mol. The van der Waals surface area contributed by atoms with Gasteiger partial charge in [0.15, 0.2) is 5.78 Å². The summed E-state index contributed by atoms with van der Waals surface area (Å²) in [6, 6.07) is 7.38. The fourth-order valence-electron chi connectivity index (χ4n) is 1.87. The number of ketones is 1. The molecule has 2 N–H and O–H groups in total. The molecule has 2 rings (SSSR count). The molecule has 1 aliphatic rings. The van der Waals surface area contributed by atoms with Crippen molar-refractivity contribution in [2.45, 2.75) is 6.92 Å². The Bertz CT molecular complexity index is 613. The monoisotopic (exact) mass is 335 g/mol. The lowest BCUT2D eigenvalue weighted by Gasteiger charge is -2.03. The molecule has 0 aromatic heterocycles. The van der Waals surface area contributed by atoms with Crippen LogP contribution in [0.5, 0.6) is 5.75 Å². The highest BCUT2D eigenvalue weighted by Gasteiger charge is 2.22. The van der Waals surface area contributed by atoms with E-state index in [1.54, 1.807) is 6.08 Å². The molecule has 1 saturated heterocycles. The zero-order chi connectivity index (χ0) is 15.9. The van der Waals surface area contributed by atoms with Gasteiger partial charge in [-0.3, -0.25) is 9.59 Å². The van der Waals surface area contributed by atoms with Crippen LogP contribution < -0.4 is 10.5 Å². The highest BCUT2D eigenvalue weighted by Crippen LogP contribution is 2.38. The molecule has 4 nitrogen and oxygen atoms in total. The summed E-state index contributed by atoms with van der Waals surface area (Å²) in [5.41, 5.74) is 6.30. The van der Waals surface area contributed by atoms with Gasteiger partial charge in [0.1, 0.15) is 11.3 Å². The third-order valence-electron chi connectivity index (χ3n) is 2.86. The molecule has 6 heteroatoms. The van der Waals surface area contributed by atoms with Crippen LogP contribution in [-0.4, -0.2) is 29.8 Å². The van der Waals surface area contributed by atoms with Crippen molar-refractivity contribution >= 4 is 41.3 Å². The molecule has 0 radical (unpaired) electrons. The minimum Gasteiger partial charge on any atom is -0.494 e. The van der Waals surface area contributed by atoms with Crippen LogP contribution in [-0.2, 0) is 9.59 Å². The van der Waals surface area contributed by atoms with Crippen molar-refractivity contribution in [3.05, 3.63) is 45.7 Å². The maximum Gasteiger partial charge on any atom is 0.254 e. The first kappa shape index (κ1) is 16.7. The van der Waals surface area contributed by atoms with Crippen LogP contribution >= 0.6 is 23.5 Å². The molecule has 0 aliphatic carbocycles. The van der Waals surface area contributed by atoms with E-state index in [4.69, 9.17) is 10.5 Å². The van der Waals surface area contributed by atoms with Gasteiger partial charge in [0, 0.05) is 11.5 Å². The minimum atomic E-state index is -0.668. The topological polar surface area (TPSA) is 69.4 Å². The number of nitrogens with two attached hydrogens (primary N) is 1. The van der Waals surface area contributed by atoms with Gasteiger partial charge in [-0.25, -0.2) is 0 Å². The second kappa shape index (κ2) is 8.10. The van der Waals surface area contributed by atoms with Crippen molar-refractivity contribution in [3.63, 3.8) is 0 Å². The number of hydrogen-bond acceptors (Lipinski definition) is 5. The second-order valence-electron chi connectivity index (χ2n) is 4.42. The molecular formula is C16H17NO3S2. The molecule has 1 fully saturated rings. The van der Waals surface area contributed by atoms with E-state index in [9.17, 15) is 9.59 Å². The van der Waals surface area contributed by atoms with Crippen molar-refractivity contribution in [2.24, 2.45) is 5.73 Å². The normalized spacial score (nSPS) is 14.3. The zero-order valence-electron chi connectivity index (χ0n) is 12.2. The summed E-state index contributed by atoms with van der Waals surface area (Å²) in [4.78, 5) is 23.7. The van der Waals surface area contributed by atoms with Crippen LogP contribution in [0.25, 0.3) is 6.08 Å². The van der Waals surface area contributed by atoms with Gasteiger partial charge in [-0.1, -0.05) is 18.2 Å². The Hall–Kier alpha value is -1.66. The molecule has 0 saturated carbocycles. The first-order valence-corrected chi connectivity index (χ1v) is 8.84. The van der Waals surface area contributed by atoms with Gasteiger partial charge in [-0.15, -0.1) is 23.5 Å². The summed E-state index contributed by atoms with van der Waals surface area (Å²) in [6.07, 6.45) is 3.06. The SMILES string of the molecule is CCOc1ccc(C=CC(=O)C(C(N)=O)=C2SCCS2)cc1. The van der Waals surface area contributed by atoms with Gasteiger partial charge in [0.2, 0.25) is 0 Å². The average molecular weight is 335 g/mol. The highest BCUT2D eigenvalue weighted by molar-refractivity contribution is 8.25. The number of carbonyl (C=O) groups is 2. The smallest absolute Gasteiger partial charge is 0.254 e. The number of amides is 1. The van der Waals surface area contributed by atoms with E-state index in [-0.39, 0.29) is 11.4 Å². The quantitative estimate of drug-likeness (QED) is 0.492. The van der Waals surface area contributed by atoms with E-state index >= 15 is 0 Å². The highest BCUT2D eigenvalue weighted by atomic mass is 32.2. The van der Waals surface area contributed by atoms with Gasteiger partial charge in [-0.2, -0.15) is 0 Å². The molecule has 1 aliphatic heterocycles. The van der Waals surface area contributed by atoms with Gasteiger partial charge in [0.05, 0.1) is 10.8 Å². The van der Waals surface area contributed by atoms with Crippen molar-refractivity contribution in [2.75, 3.05) is 18.1 Å². The summed E-state index contributed by atoms with van der Waals surface area (Å²) in [6.45, 7) is 2.53. The molecule has 0 atom stereocenters. The first-order valence-electron chi connectivity index (χ1n) is 6.86. The Morgan fingerprint density at radius 2 is 1.86 bits per heavy atom. The first-order chi connectivity index (χ1) is 10.6. The number of carbonyl (C=O) groups excluding carboxylic acids is 2. The lowest BCUT2D eigenvalue weighted by Crippen LogP contribution is -2.20. The Morgan fingerprint density at radius 3 is 2.41 bits per heavy atom. The van der Waals surface area contributed by atoms with E-state index in [2.05, 4.69) is 0 Å². The molecule has 1 aromatic rings. The Balaban J connectivity index is 2.12. The largest absolute Gasteiger partial charge is 0.494 e. The fourth-order valence-corrected chi connectivity index (χ4v) is 4.44. The predicted octanol–water partition coefficient (Wildman–Crippen LogP) is 2.84. The van der Waals surface area contributed by atoms with E-state index in [1.165, 1.54) is 29.6 Å². The average Bonchev–Trinajstić information content (AvgIpc) is 3.00.